The largest absolute Gasteiger partial charge is 0.486 e. The van der Waals surface area contributed by atoms with Crippen LogP contribution in [0.25, 0.3) is 0 Å². The predicted octanol–water partition coefficient (Wildman–Crippen LogP) is 2.07. The van der Waals surface area contributed by atoms with Crippen LogP contribution < -0.4 is 10.5 Å². The van der Waals surface area contributed by atoms with Crippen LogP contribution in [0.1, 0.15) is 11.1 Å². The highest BCUT2D eigenvalue weighted by atomic mass is 16.6. The SMILES string of the molecule is NCc1ccc(OCCc2cccnc2)c([N+](=O)[O-])c1. The molecule has 20 heavy (non-hydrogen) atoms. The van der Waals surface area contributed by atoms with Gasteiger partial charge in [0.05, 0.1) is 11.5 Å². The highest BCUT2D eigenvalue weighted by Gasteiger charge is 2.15. The second kappa shape index (κ2) is 6.63. The lowest BCUT2D eigenvalue weighted by atomic mass is 10.2. The molecule has 1 aromatic carbocycles. The number of aromatic nitrogens is 1. The molecule has 6 heteroatoms. The van der Waals surface area contributed by atoms with Crippen molar-refractivity contribution in [3.8, 4) is 5.75 Å². The molecule has 0 bridgehead atoms. The summed E-state index contributed by atoms with van der Waals surface area (Å²) in [6.45, 7) is 0.616. The van der Waals surface area contributed by atoms with Crippen molar-refractivity contribution < 1.29 is 9.66 Å². The Balaban J connectivity index is 2.04. The first-order chi connectivity index (χ1) is 9.70. The van der Waals surface area contributed by atoms with Crippen molar-refractivity contribution in [1.29, 1.82) is 0 Å². The molecule has 0 saturated carbocycles. The summed E-state index contributed by atoms with van der Waals surface area (Å²) >= 11 is 0. The van der Waals surface area contributed by atoms with E-state index in [4.69, 9.17) is 10.5 Å². The summed E-state index contributed by atoms with van der Waals surface area (Å²) in [5.41, 5.74) is 7.15. The Kier molecular flexibility index (Phi) is 4.62. The van der Waals surface area contributed by atoms with Crippen molar-refractivity contribution in [2.24, 2.45) is 5.73 Å². The van der Waals surface area contributed by atoms with Gasteiger partial charge in [-0.25, -0.2) is 0 Å². The smallest absolute Gasteiger partial charge is 0.311 e. The predicted molar refractivity (Wildman–Crippen MR) is 74.4 cm³/mol. The zero-order valence-corrected chi connectivity index (χ0v) is 10.9. The number of pyridine rings is 1. The van der Waals surface area contributed by atoms with Crippen molar-refractivity contribution in [3.05, 3.63) is 64.0 Å². The summed E-state index contributed by atoms with van der Waals surface area (Å²) in [6.07, 6.45) is 4.08. The number of nitro benzene ring substituents is 1. The second-order valence-electron chi connectivity index (χ2n) is 4.22. The van der Waals surface area contributed by atoms with Crippen molar-refractivity contribution in [1.82, 2.24) is 4.98 Å². The van der Waals surface area contributed by atoms with E-state index in [9.17, 15) is 10.1 Å². The first-order valence-corrected chi connectivity index (χ1v) is 6.20. The minimum atomic E-state index is -0.460. The van der Waals surface area contributed by atoms with E-state index in [2.05, 4.69) is 4.98 Å². The topological polar surface area (TPSA) is 91.3 Å². The maximum atomic E-state index is 11.0. The lowest BCUT2D eigenvalue weighted by Crippen LogP contribution is -2.05. The van der Waals surface area contributed by atoms with Gasteiger partial charge in [-0.15, -0.1) is 0 Å². The lowest BCUT2D eigenvalue weighted by molar-refractivity contribution is -0.385. The normalized spacial score (nSPS) is 10.2. The van der Waals surface area contributed by atoms with Gasteiger partial charge in [-0.1, -0.05) is 12.1 Å². The highest BCUT2D eigenvalue weighted by Crippen LogP contribution is 2.27. The Hall–Kier alpha value is -2.47. The van der Waals surface area contributed by atoms with Gasteiger partial charge in [-0.2, -0.15) is 0 Å². The maximum absolute atomic E-state index is 11.0. The van der Waals surface area contributed by atoms with Crippen LogP contribution in [0.5, 0.6) is 5.75 Å². The van der Waals surface area contributed by atoms with E-state index in [0.29, 0.717) is 18.6 Å². The number of ether oxygens (including phenoxy) is 1. The average molecular weight is 273 g/mol. The Labute approximate surface area is 116 Å². The van der Waals surface area contributed by atoms with E-state index < -0.39 is 4.92 Å². The van der Waals surface area contributed by atoms with Crippen molar-refractivity contribution in [2.45, 2.75) is 13.0 Å². The quantitative estimate of drug-likeness (QED) is 0.642. The van der Waals surface area contributed by atoms with E-state index in [1.165, 1.54) is 6.07 Å². The summed E-state index contributed by atoms with van der Waals surface area (Å²) in [5.74, 6) is 0.260. The van der Waals surface area contributed by atoms with Crippen LogP contribution in [0, 0.1) is 10.1 Å². The fraction of sp³-hybridized carbons (Fsp3) is 0.214. The van der Waals surface area contributed by atoms with Gasteiger partial charge in [0, 0.05) is 31.4 Å². The molecule has 0 amide bonds. The molecule has 0 radical (unpaired) electrons. The zero-order chi connectivity index (χ0) is 14.4. The molecule has 0 atom stereocenters. The number of hydrogen-bond acceptors (Lipinski definition) is 5. The number of hydrogen-bond donors (Lipinski definition) is 1. The van der Waals surface area contributed by atoms with Crippen LogP contribution in [0.3, 0.4) is 0 Å². The van der Waals surface area contributed by atoms with Gasteiger partial charge in [0.1, 0.15) is 0 Å². The molecular weight excluding hydrogens is 258 g/mol. The van der Waals surface area contributed by atoms with Gasteiger partial charge in [-0.3, -0.25) is 15.1 Å². The first-order valence-electron chi connectivity index (χ1n) is 6.20. The van der Waals surface area contributed by atoms with E-state index in [1.807, 2.05) is 12.1 Å². The Bertz CT molecular complexity index is 587. The van der Waals surface area contributed by atoms with E-state index in [1.54, 1.807) is 24.5 Å². The van der Waals surface area contributed by atoms with Crippen molar-refractivity contribution in [2.75, 3.05) is 6.61 Å². The minimum absolute atomic E-state index is 0.0564. The summed E-state index contributed by atoms with van der Waals surface area (Å²) in [4.78, 5) is 14.5. The van der Waals surface area contributed by atoms with Gasteiger partial charge in [0.2, 0.25) is 0 Å². The van der Waals surface area contributed by atoms with E-state index in [0.717, 1.165) is 5.56 Å². The third-order valence-corrected chi connectivity index (χ3v) is 2.83. The van der Waals surface area contributed by atoms with Crippen LogP contribution >= 0.6 is 0 Å². The van der Waals surface area contributed by atoms with Gasteiger partial charge in [0.25, 0.3) is 0 Å². The summed E-state index contributed by atoms with van der Waals surface area (Å²) in [6, 6.07) is 8.53. The van der Waals surface area contributed by atoms with Crippen LogP contribution in [-0.2, 0) is 13.0 Å². The maximum Gasteiger partial charge on any atom is 0.311 e. The van der Waals surface area contributed by atoms with Crippen LogP contribution in [0.2, 0.25) is 0 Å². The standard InChI is InChI=1S/C14H15N3O3/c15-9-12-3-4-14(13(8-12)17(18)19)20-7-5-11-2-1-6-16-10-11/h1-4,6,8,10H,5,7,9,15H2. The van der Waals surface area contributed by atoms with Crippen molar-refractivity contribution >= 4 is 5.69 Å². The molecule has 6 nitrogen and oxygen atoms in total. The molecule has 0 aliphatic carbocycles. The van der Waals surface area contributed by atoms with Gasteiger partial charge in [-0.05, 0) is 23.3 Å². The zero-order valence-electron chi connectivity index (χ0n) is 10.9. The minimum Gasteiger partial charge on any atom is -0.486 e. The molecule has 0 fully saturated rings. The molecule has 0 aliphatic heterocycles. The molecule has 1 heterocycles. The Morgan fingerprint density at radius 1 is 1.30 bits per heavy atom. The Morgan fingerprint density at radius 3 is 2.80 bits per heavy atom. The van der Waals surface area contributed by atoms with Crippen LogP contribution in [0.4, 0.5) is 5.69 Å². The molecular formula is C14H15N3O3. The number of rotatable bonds is 6. The fourth-order valence-electron chi connectivity index (χ4n) is 1.78. The molecule has 0 saturated heterocycles. The number of benzene rings is 1. The van der Waals surface area contributed by atoms with Crippen LogP contribution in [0.15, 0.2) is 42.7 Å². The molecule has 0 unspecified atom stereocenters. The summed E-state index contributed by atoms with van der Waals surface area (Å²) in [5, 5.41) is 11.0. The summed E-state index contributed by atoms with van der Waals surface area (Å²) < 4.78 is 5.49. The number of nitrogens with two attached hydrogens (primary N) is 1. The fourth-order valence-corrected chi connectivity index (χ4v) is 1.78. The number of nitrogens with zero attached hydrogens (tertiary/aromatic N) is 2. The van der Waals surface area contributed by atoms with E-state index >= 15 is 0 Å². The van der Waals surface area contributed by atoms with Gasteiger partial charge >= 0.3 is 5.69 Å². The molecule has 2 rings (SSSR count). The average Bonchev–Trinajstić information content (AvgIpc) is 2.48. The molecule has 2 N–H and O–H groups in total. The number of nitro groups is 1. The monoisotopic (exact) mass is 273 g/mol. The van der Waals surface area contributed by atoms with Gasteiger partial charge < -0.3 is 10.5 Å². The molecule has 1 aromatic heterocycles. The molecule has 0 spiro atoms. The molecule has 0 aliphatic rings. The first kappa shape index (κ1) is 14.0. The molecule has 2 aromatic rings. The highest BCUT2D eigenvalue weighted by molar-refractivity contribution is 5.48. The van der Waals surface area contributed by atoms with Crippen molar-refractivity contribution in [3.63, 3.8) is 0 Å². The van der Waals surface area contributed by atoms with Gasteiger partial charge in [0.15, 0.2) is 5.75 Å². The second-order valence-corrected chi connectivity index (χ2v) is 4.22. The third-order valence-electron chi connectivity index (χ3n) is 2.83. The third kappa shape index (κ3) is 3.52. The van der Waals surface area contributed by atoms with Crippen LogP contribution in [-0.4, -0.2) is 16.5 Å². The Morgan fingerprint density at radius 2 is 2.15 bits per heavy atom. The summed E-state index contributed by atoms with van der Waals surface area (Å²) in [7, 11) is 0. The lowest BCUT2D eigenvalue weighted by Gasteiger charge is -2.07. The van der Waals surface area contributed by atoms with E-state index in [-0.39, 0.29) is 18.0 Å². The molecule has 104 valence electrons.